The van der Waals surface area contributed by atoms with Crippen LogP contribution in [0.4, 0.5) is 5.69 Å². The lowest BCUT2D eigenvalue weighted by atomic mass is 9.54. The van der Waals surface area contributed by atoms with Crippen LogP contribution in [0.5, 0.6) is 5.75 Å². The molecule has 1 aromatic carbocycles. The smallest absolute Gasteiger partial charge is 0.255 e. The number of aliphatic hydroxyl groups is 4. The van der Waals surface area contributed by atoms with Crippen molar-refractivity contribution in [1.29, 1.82) is 0 Å². The molecule has 3 amide bonds. The summed E-state index contributed by atoms with van der Waals surface area (Å²) in [5.41, 5.74) is 5.90. The number of primary amides is 1. The number of hydrogen-bond acceptors (Lipinski definition) is 12. The van der Waals surface area contributed by atoms with Crippen molar-refractivity contribution in [2.24, 2.45) is 29.2 Å². The summed E-state index contributed by atoms with van der Waals surface area (Å²) in [6.07, 6.45) is -1.49. The molecule has 1 fully saturated rings. The number of amides is 3. The highest BCUT2D eigenvalue weighted by atomic mass is 16.4. The molecule has 0 bridgehead atoms. The third kappa shape index (κ3) is 5.14. The van der Waals surface area contributed by atoms with Crippen molar-refractivity contribution in [3.05, 3.63) is 40.2 Å². The minimum Gasteiger partial charge on any atom is -0.508 e. The summed E-state index contributed by atoms with van der Waals surface area (Å²) in [6.45, 7) is 4.91. The predicted octanol–water partition coefficient (Wildman–Crippen LogP) is -1.08. The summed E-state index contributed by atoms with van der Waals surface area (Å²) in [5, 5.41) is 62.3. The quantitative estimate of drug-likeness (QED) is 0.123. The van der Waals surface area contributed by atoms with E-state index in [0.717, 1.165) is 0 Å². The number of aliphatic hydroxyl groups excluding tert-OH is 3. The van der Waals surface area contributed by atoms with Gasteiger partial charge in [0.2, 0.25) is 17.6 Å². The van der Waals surface area contributed by atoms with Gasteiger partial charge in [0.15, 0.2) is 11.4 Å². The van der Waals surface area contributed by atoms with Crippen LogP contribution in [0.1, 0.15) is 44.2 Å². The number of phenolic OH excluding ortho intramolecular Hbond substituents is 1. The fourth-order valence-electron chi connectivity index (χ4n) is 6.89. The van der Waals surface area contributed by atoms with Gasteiger partial charge in [-0.25, -0.2) is 0 Å². The summed E-state index contributed by atoms with van der Waals surface area (Å²) in [4.78, 5) is 65.9. The second kappa shape index (κ2) is 11.9. The number of benzene rings is 1. The molecule has 0 saturated heterocycles. The Labute approximate surface area is 258 Å². The first-order valence-electron chi connectivity index (χ1n) is 14.4. The van der Waals surface area contributed by atoms with Gasteiger partial charge < -0.3 is 47.6 Å². The van der Waals surface area contributed by atoms with Gasteiger partial charge in [0, 0.05) is 11.5 Å². The van der Waals surface area contributed by atoms with Gasteiger partial charge >= 0.3 is 0 Å². The van der Waals surface area contributed by atoms with Crippen LogP contribution in [0.2, 0.25) is 0 Å². The molecule has 0 radical (unpaired) electrons. The number of fused-ring (bicyclic) bond motifs is 3. The molecule has 0 aliphatic heterocycles. The Bertz CT molecular complexity index is 1550. The monoisotopic (exact) mass is 629 g/mol. The zero-order valence-corrected chi connectivity index (χ0v) is 25.5. The maximum atomic E-state index is 14.1. The van der Waals surface area contributed by atoms with Crippen molar-refractivity contribution >= 4 is 40.7 Å². The largest absolute Gasteiger partial charge is 0.508 e. The average molecular weight is 630 g/mol. The molecule has 11 N–H and O–H groups in total. The minimum atomic E-state index is -3.05. The lowest BCUT2D eigenvalue weighted by Gasteiger charge is -2.53. The molecule has 3 aliphatic carbocycles. The number of nitrogens with zero attached hydrogens (tertiary/aromatic N) is 1. The predicted molar refractivity (Wildman–Crippen MR) is 159 cm³/mol. The van der Waals surface area contributed by atoms with E-state index in [4.69, 9.17) is 11.5 Å². The average Bonchev–Trinajstić information content (AvgIpc) is 2.95. The van der Waals surface area contributed by atoms with E-state index in [0.29, 0.717) is 0 Å². The number of carbonyl (C=O) groups excluding carboxylic acids is 5. The number of aromatic hydroxyl groups is 1. The van der Waals surface area contributed by atoms with Crippen LogP contribution >= 0.6 is 0 Å². The van der Waals surface area contributed by atoms with E-state index < -0.39 is 99.2 Å². The van der Waals surface area contributed by atoms with Crippen LogP contribution in [0.3, 0.4) is 0 Å². The number of anilines is 1. The molecule has 0 aromatic heterocycles. The molecule has 1 aromatic rings. The first-order valence-corrected chi connectivity index (χ1v) is 14.4. The number of nitrogens with two attached hydrogens (primary N) is 2. The highest BCUT2D eigenvalue weighted by Gasteiger charge is 2.68. The van der Waals surface area contributed by atoms with E-state index in [9.17, 15) is 49.5 Å². The number of rotatable bonds is 8. The van der Waals surface area contributed by atoms with E-state index in [1.807, 2.05) is 13.8 Å². The second-order valence-electron chi connectivity index (χ2n) is 12.4. The molecule has 4 rings (SSSR count). The van der Waals surface area contributed by atoms with E-state index >= 15 is 0 Å². The minimum absolute atomic E-state index is 0.0106. The molecule has 15 nitrogen and oxygen atoms in total. The SMILES string of the molecule is CC(C)C[C@H](NC(=O)CN)C(=O)Nc1ccc2c(c1O)C(O)=C1C(=O)[C@]3(O)C(O)=C(C(N)=O)C(=O)[C@@H](N(C)C)C3C(O)C1[C@H]2C. The van der Waals surface area contributed by atoms with Gasteiger partial charge in [-0.15, -0.1) is 0 Å². The summed E-state index contributed by atoms with van der Waals surface area (Å²) in [6, 6.07) is 0.343. The van der Waals surface area contributed by atoms with Gasteiger partial charge in [-0.3, -0.25) is 28.9 Å². The number of ketones is 2. The number of likely N-dealkylation sites (N-methyl/N-ethyl adjacent to an activating group) is 1. The van der Waals surface area contributed by atoms with Crippen molar-refractivity contribution in [2.75, 3.05) is 26.0 Å². The van der Waals surface area contributed by atoms with Crippen molar-refractivity contribution in [3.63, 3.8) is 0 Å². The van der Waals surface area contributed by atoms with Gasteiger partial charge in [-0.2, -0.15) is 0 Å². The van der Waals surface area contributed by atoms with Crippen LogP contribution in [0, 0.1) is 17.8 Å². The highest BCUT2D eigenvalue weighted by molar-refractivity contribution is 6.24. The zero-order chi connectivity index (χ0) is 33.9. The van der Waals surface area contributed by atoms with Crippen molar-refractivity contribution in [2.45, 2.75) is 56.9 Å². The summed E-state index contributed by atoms with van der Waals surface area (Å²) in [7, 11) is 2.84. The normalized spacial score (nSPS) is 28.4. The fourth-order valence-corrected chi connectivity index (χ4v) is 6.89. The Hall–Kier alpha value is -4.31. The lowest BCUT2D eigenvalue weighted by Crippen LogP contribution is -2.70. The third-order valence-corrected chi connectivity index (χ3v) is 8.93. The molecular weight excluding hydrogens is 590 g/mol. The number of Topliss-reactive ketones (excluding diaryl/α,β-unsaturated/α-hetero) is 2. The third-order valence-electron chi connectivity index (χ3n) is 8.93. The molecular formula is C30H39N5O10. The topological polar surface area (TPSA) is 266 Å². The Balaban J connectivity index is 1.86. The Kier molecular flexibility index (Phi) is 8.87. The maximum absolute atomic E-state index is 14.1. The Morgan fingerprint density at radius 2 is 1.73 bits per heavy atom. The van der Waals surface area contributed by atoms with E-state index in [1.165, 1.54) is 31.1 Å². The van der Waals surface area contributed by atoms with Crippen LogP contribution in [-0.2, 0) is 24.0 Å². The molecule has 15 heteroatoms. The van der Waals surface area contributed by atoms with Crippen molar-refractivity contribution in [1.82, 2.24) is 10.2 Å². The first kappa shape index (κ1) is 33.6. The maximum Gasteiger partial charge on any atom is 0.255 e. The van der Waals surface area contributed by atoms with E-state index in [1.54, 1.807) is 6.92 Å². The number of carbonyl (C=O) groups is 5. The van der Waals surface area contributed by atoms with E-state index in [2.05, 4.69) is 10.6 Å². The van der Waals surface area contributed by atoms with Crippen LogP contribution in [-0.4, -0.2) is 104 Å². The molecule has 1 saturated carbocycles. The second-order valence-corrected chi connectivity index (χ2v) is 12.4. The van der Waals surface area contributed by atoms with Gasteiger partial charge in [-0.05, 0) is 44.0 Å². The van der Waals surface area contributed by atoms with Crippen LogP contribution in [0.25, 0.3) is 5.76 Å². The number of phenols is 1. The summed E-state index contributed by atoms with van der Waals surface area (Å²) in [5.74, 6) is -11.5. The van der Waals surface area contributed by atoms with Crippen LogP contribution in [0.15, 0.2) is 29.0 Å². The highest BCUT2D eigenvalue weighted by Crippen LogP contribution is 2.56. The molecule has 244 valence electrons. The number of nitrogens with one attached hydrogen (secondary N) is 2. The van der Waals surface area contributed by atoms with Gasteiger partial charge in [-0.1, -0.05) is 26.8 Å². The van der Waals surface area contributed by atoms with Crippen molar-refractivity contribution < 1.29 is 49.5 Å². The van der Waals surface area contributed by atoms with Gasteiger partial charge in [0.25, 0.3) is 5.91 Å². The van der Waals surface area contributed by atoms with E-state index in [-0.39, 0.29) is 35.7 Å². The van der Waals surface area contributed by atoms with Gasteiger partial charge in [0.05, 0.1) is 35.9 Å². The standard InChI is InChI=1S/C30H39N5O10/c1-10(2)8-14(33-15(36)9-31)29(44)34-13-7-6-12-11(3)16-18(23(38)17(12)22(13)37)26(41)30(45)20(24(16)39)21(35(4)5)25(40)19(27(30)42)28(32)43/h6-7,10-11,14,16,20-21,24,37-39,42,45H,8-9,31H2,1-5H3,(H2,32,43)(H,33,36)(H,34,44)/t11-,14-,16?,20?,21-,24?,30-/m0/s1. The Morgan fingerprint density at radius 3 is 2.27 bits per heavy atom. The summed E-state index contributed by atoms with van der Waals surface area (Å²) < 4.78 is 0. The van der Waals surface area contributed by atoms with Gasteiger partial charge in [0.1, 0.15) is 28.9 Å². The first-order chi connectivity index (χ1) is 20.9. The molecule has 3 unspecified atom stereocenters. The molecule has 3 aliphatic rings. The molecule has 0 heterocycles. The number of hydrogen-bond donors (Lipinski definition) is 9. The van der Waals surface area contributed by atoms with Crippen molar-refractivity contribution in [3.8, 4) is 5.75 Å². The lowest BCUT2D eigenvalue weighted by molar-refractivity contribution is -0.169. The summed E-state index contributed by atoms with van der Waals surface area (Å²) >= 11 is 0. The molecule has 0 spiro atoms. The molecule has 7 atom stereocenters. The zero-order valence-electron chi connectivity index (χ0n) is 25.5. The van der Waals surface area contributed by atoms with Crippen LogP contribution < -0.4 is 22.1 Å². The fraction of sp³-hybridized carbons (Fsp3) is 0.500. The molecule has 45 heavy (non-hydrogen) atoms. The Morgan fingerprint density at radius 1 is 1.11 bits per heavy atom.